The Morgan fingerprint density at radius 2 is 1.64 bits per heavy atom. The lowest BCUT2D eigenvalue weighted by Gasteiger charge is -2.37. The summed E-state index contributed by atoms with van der Waals surface area (Å²) >= 11 is 0.754. The predicted molar refractivity (Wildman–Crippen MR) is 176 cm³/mol. The van der Waals surface area contributed by atoms with Crippen LogP contribution in [0.1, 0.15) is 82.6 Å². The molecule has 0 spiro atoms. The van der Waals surface area contributed by atoms with Gasteiger partial charge in [-0.2, -0.15) is 0 Å². The Bertz CT molecular complexity index is 1660. The SMILES string of the molecule is CC(C)(C)OC(=O)Nc1sc(-c2c(F)cccc2F)nc1C(=O)Nc1cnc2c(c1N1CCCC(NC(=O)OC(C)(C)C)C1)CCC2. The summed E-state index contributed by atoms with van der Waals surface area (Å²) in [6.07, 6.45) is 4.28. The molecular weight excluding hydrogens is 630 g/mol. The van der Waals surface area contributed by atoms with E-state index >= 15 is 0 Å². The van der Waals surface area contributed by atoms with Gasteiger partial charge in [-0.25, -0.2) is 23.4 Å². The molecule has 14 heteroatoms. The molecule has 1 aliphatic carbocycles. The number of thiazole rings is 1. The molecule has 2 aliphatic rings. The molecule has 1 atom stereocenters. The highest BCUT2D eigenvalue weighted by atomic mass is 32.1. The number of rotatable bonds is 6. The van der Waals surface area contributed by atoms with Crippen molar-refractivity contribution in [3.8, 4) is 10.6 Å². The monoisotopic (exact) mass is 670 g/mol. The highest BCUT2D eigenvalue weighted by Crippen LogP contribution is 2.40. The van der Waals surface area contributed by atoms with Gasteiger partial charge in [-0.3, -0.25) is 15.1 Å². The van der Waals surface area contributed by atoms with Gasteiger partial charge in [0, 0.05) is 24.8 Å². The summed E-state index contributed by atoms with van der Waals surface area (Å²) in [6.45, 7) is 11.6. The Labute approximate surface area is 276 Å². The number of aryl methyl sites for hydroxylation is 1. The average Bonchev–Trinajstić information content (AvgIpc) is 3.58. The maximum Gasteiger partial charge on any atom is 0.412 e. The van der Waals surface area contributed by atoms with Crippen LogP contribution in [0.5, 0.6) is 0 Å². The second kappa shape index (κ2) is 13.4. The maximum atomic E-state index is 14.8. The first-order valence-electron chi connectivity index (χ1n) is 15.6. The van der Waals surface area contributed by atoms with E-state index in [1.165, 1.54) is 6.07 Å². The van der Waals surface area contributed by atoms with E-state index in [0.29, 0.717) is 18.8 Å². The fourth-order valence-electron chi connectivity index (χ4n) is 5.66. The smallest absolute Gasteiger partial charge is 0.412 e. The number of benzene rings is 1. The summed E-state index contributed by atoms with van der Waals surface area (Å²) in [5, 5.41) is 8.24. The zero-order chi connectivity index (χ0) is 34.1. The number of alkyl carbamates (subject to hydrolysis) is 1. The normalized spacial score (nSPS) is 16.3. The van der Waals surface area contributed by atoms with Crippen molar-refractivity contribution in [2.24, 2.45) is 0 Å². The lowest BCUT2D eigenvalue weighted by Crippen LogP contribution is -2.49. The van der Waals surface area contributed by atoms with Gasteiger partial charge in [-0.1, -0.05) is 17.4 Å². The van der Waals surface area contributed by atoms with E-state index in [4.69, 9.17) is 9.47 Å². The minimum absolute atomic E-state index is 0.0373. The van der Waals surface area contributed by atoms with E-state index in [0.717, 1.165) is 72.5 Å². The summed E-state index contributed by atoms with van der Waals surface area (Å²) in [4.78, 5) is 50.2. The summed E-state index contributed by atoms with van der Waals surface area (Å²) in [5.74, 6) is -2.43. The number of carbonyl (C=O) groups excluding carboxylic acids is 3. The van der Waals surface area contributed by atoms with Gasteiger partial charge in [0.25, 0.3) is 5.91 Å². The Morgan fingerprint density at radius 1 is 0.957 bits per heavy atom. The topological polar surface area (TPSA) is 135 Å². The Morgan fingerprint density at radius 3 is 2.32 bits per heavy atom. The van der Waals surface area contributed by atoms with Gasteiger partial charge in [0.15, 0.2) is 5.69 Å². The highest BCUT2D eigenvalue weighted by Gasteiger charge is 2.31. The number of pyridine rings is 1. The van der Waals surface area contributed by atoms with Crippen LogP contribution < -0.4 is 20.9 Å². The second-order valence-corrected chi connectivity index (χ2v) is 14.6. The maximum absolute atomic E-state index is 14.8. The number of piperidine rings is 1. The number of halogens is 2. The Kier molecular flexibility index (Phi) is 9.71. The second-order valence-electron chi connectivity index (χ2n) is 13.6. The first kappa shape index (κ1) is 34.0. The minimum atomic E-state index is -0.862. The molecule has 11 nitrogen and oxygen atoms in total. The third-order valence-electron chi connectivity index (χ3n) is 7.42. The molecule has 0 radical (unpaired) electrons. The Hall–Kier alpha value is -4.33. The predicted octanol–water partition coefficient (Wildman–Crippen LogP) is 7.06. The number of amides is 3. The van der Waals surface area contributed by atoms with Crippen LogP contribution in [-0.2, 0) is 22.3 Å². The van der Waals surface area contributed by atoms with Crippen LogP contribution >= 0.6 is 11.3 Å². The number of aromatic nitrogens is 2. The van der Waals surface area contributed by atoms with E-state index in [9.17, 15) is 23.2 Å². The molecule has 5 rings (SSSR count). The number of fused-ring (bicyclic) bond motifs is 1. The van der Waals surface area contributed by atoms with Crippen molar-refractivity contribution in [3.63, 3.8) is 0 Å². The van der Waals surface area contributed by atoms with Crippen molar-refractivity contribution in [1.82, 2.24) is 15.3 Å². The van der Waals surface area contributed by atoms with Crippen LogP contribution in [0, 0.1) is 11.6 Å². The summed E-state index contributed by atoms with van der Waals surface area (Å²) in [5.41, 5.74) is 1.05. The lowest BCUT2D eigenvalue weighted by molar-refractivity contribution is 0.0499. The van der Waals surface area contributed by atoms with Gasteiger partial charge in [0.2, 0.25) is 0 Å². The number of nitrogens with one attached hydrogen (secondary N) is 3. The molecule has 47 heavy (non-hydrogen) atoms. The summed E-state index contributed by atoms with van der Waals surface area (Å²) in [7, 11) is 0. The molecule has 3 N–H and O–H groups in total. The van der Waals surface area contributed by atoms with E-state index in [1.807, 2.05) is 20.8 Å². The fraction of sp³-hybridized carbons (Fsp3) is 0.485. The Balaban J connectivity index is 1.46. The molecule has 2 aromatic heterocycles. The van der Waals surface area contributed by atoms with Gasteiger partial charge < -0.3 is 25.0 Å². The molecule has 1 fully saturated rings. The minimum Gasteiger partial charge on any atom is -0.444 e. The van der Waals surface area contributed by atoms with Gasteiger partial charge in [-0.15, -0.1) is 0 Å². The molecule has 0 bridgehead atoms. The van der Waals surface area contributed by atoms with Crippen LogP contribution in [0.2, 0.25) is 0 Å². The van der Waals surface area contributed by atoms with Crippen LogP contribution in [0.25, 0.3) is 10.6 Å². The summed E-state index contributed by atoms with van der Waals surface area (Å²) < 4.78 is 40.3. The third kappa shape index (κ3) is 8.34. The van der Waals surface area contributed by atoms with Crippen molar-refractivity contribution in [2.75, 3.05) is 28.6 Å². The molecule has 0 saturated carbocycles. The van der Waals surface area contributed by atoms with E-state index in [-0.39, 0.29) is 21.7 Å². The number of hydrogen-bond acceptors (Lipinski definition) is 9. The number of nitrogens with zero attached hydrogens (tertiary/aromatic N) is 3. The van der Waals surface area contributed by atoms with Crippen LogP contribution in [0.15, 0.2) is 24.4 Å². The highest BCUT2D eigenvalue weighted by molar-refractivity contribution is 7.19. The lowest BCUT2D eigenvalue weighted by atomic mass is 10.0. The first-order chi connectivity index (χ1) is 22.1. The molecule has 1 aliphatic heterocycles. The van der Waals surface area contributed by atoms with Gasteiger partial charge in [0.1, 0.15) is 32.8 Å². The quantitative estimate of drug-likeness (QED) is 0.254. The standard InChI is InChI=1S/C33H40F2N6O5S/c1-32(2,3)45-30(43)37-18-10-9-15-41(17-18)26-19-11-7-14-22(19)36-16-23(26)38-27(42)25-29(40-31(44)46-33(4,5)6)47-28(39-25)24-20(34)12-8-13-21(24)35/h8,12-13,16,18H,7,9-11,14-15,17H2,1-6H3,(H,37,43)(H,38,42)(H,40,44). The molecule has 3 heterocycles. The van der Waals surface area contributed by atoms with E-state index in [2.05, 4.69) is 30.8 Å². The van der Waals surface area contributed by atoms with Gasteiger partial charge in [-0.05, 0) is 91.3 Å². The van der Waals surface area contributed by atoms with Crippen molar-refractivity contribution < 1.29 is 32.6 Å². The molecule has 3 aromatic rings. The van der Waals surface area contributed by atoms with E-state index in [1.54, 1.807) is 27.0 Å². The zero-order valence-electron chi connectivity index (χ0n) is 27.4. The fourth-order valence-corrected chi connectivity index (χ4v) is 6.66. The zero-order valence-corrected chi connectivity index (χ0v) is 28.2. The number of carbonyl (C=O) groups is 3. The van der Waals surface area contributed by atoms with Gasteiger partial charge in [0.05, 0.1) is 23.1 Å². The molecule has 252 valence electrons. The largest absolute Gasteiger partial charge is 0.444 e. The van der Waals surface area contributed by atoms with Crippen molar-refractivity contribution in [2.45, 2.75) is 90.9 Å². The van der Waals surface area contributed by atoms with Crippen LogP contribution in [0.4, 0.5) is 34.7 Å². The van der Waals surface area contributed by atoms with Gasteiger partial charge >= 0.3 is 12.2 Å². The van der Waals surface area contributed by atoms with Crippen LogP contribution in [-0.4, -0.2) is 58.4 Å². The first-order valence-corrected chi connectivity index (χ1v) is 16.4. The molecule has 3 amide bonds. The van der Waals surface area contributed by atoms with E-state index < -0.39 is 46.5 Å². The van der Waals surface area contributed by atoms with Crippen molar-refractivity contribution >= 4 is 45.8 Å². The molecule has 1 saturated heterocycles. The van der Waals surface area contributed by atoms with Crippen LogP contribution in [0.3, 0.4) is 0 Å². The van der Waals surface area contributed by atoms with Crippen molar-refractivity contribution in [1.29, 1.82) is 0 Å². The number of ether oxygens (including phenoxy) is 2. The third-order valence-corrected chi connectivity index (χ3v) is 8.41. The molecular formula is C33H40F2N6O5S. The summed E-state index contributed by atoms with van der Waals surface area (Å²) in [6, 6.07) is 3.22. The number of hydrogen-bond donors (Lipinski definition) is 3. The average molecular weight is 671 g/mol. The van der Waals surface area contributed by atoms with Crippen molar-refractivity contribution in [3.05, 3.63) is 53.0 Å². The molecule has 1 unspecified atom stereocenters. The number of anilines is 3. The molecule has 1 aromatic carbocycles.